The van der Waals surface area contributed by atoms with Crippen LogP contribution in [0.2, 0.25) is 0 Å². The van der Waals surface area contributed by atoms with Gasteiger partial charge in [-0.3, -0.25) is 9.59 Å². The number of aryl methyl sites for hydroxylation is 1. The van der Waals surface area contributed by atoms with Gasteiger partial charge < -0.3 is 19.0 Å². The second-order valence-corrected chi connectivity index (χ2v) is 7.59. The molecule has 1 aromatic rings. The summed E-state index contributed by atoms with van der Waals surface area (Å²) in [6, 6.07) is 2.03. The van der Waals surface area contributed by atoms with Crippen molar-refractivity contribution in [2.45, 2.75) is 45.1 Å². The van der Waals surface area contributed by atoms with Gasteiger partial charge in [0, 0.05) is 38.9 Å². The molecule has 0 bridgehead atoms. The highest BCUT2D eigenvalue weighted by Crippen LogP contribution is 2.42. The van der Waals surface area contributed by atoms with Crippen LogP contribution in [0.1, 0.15) is 48.2 Å². The first kappa shape index (κ1) is 16.6. The summed E-state index contributed by atoms with van der Waals surface area (Å²) in [5, 5.41) is 0. The van der Waals surface area contributed by atoms with Crippen LogP contribution in [-0.2, 0) is 9.53 Å². The summed E-state index contributed by atoms with van der Waals surface area (Å²) < 4.78 is 10.7. The normalized spacial score (nSPS) is 28.1. The number of likely N-dealkylation sites (tertiary alicyclic amines) is 2. The van der Waals surface area contributed by atoms with Crippen molar-refractivity contribution in [1.29, 1.82) is 0 Å². The molecule has 1 atom stereocenters. The van der Waals surface area contributed by atoms with E-state index in [1.54, 1.807) is 19.3 Å². The molecule has 0 saturated carbocycles. The van der Waals surface area contributed by atoms with Gasteiger partial charge in [0.1, 0.15) is 5.76 Å². The Kier molecular flexibility index (Phi) is 4.31. The molecule has 0 aliphatic carbocycles. The standard InChI is InChI=1S/C19H26N2O4/c1-14-16(5-12-25-14)17(22)20-9-7-19(13-20)6-2-8-21(18(19)23)15-3-10-24-11-4-15/h5,12,15H,2-4,6-11,13H2,1H3. The van der Waals surface area contributed by atoms with E-state index in [2.05, 4.69) is 4.90 Å². The molecule has 136 valence electrons. The van der Waals surface area contributed by atoms with Crippen LogP contribution in [0.3, 0.4) is 0 Å². The molecule has 3 saturated heterocycles. The van der Waals surface area contributed by atoms with E-state index >= 15 is 0 Å². The molecule has 6 heteroatoms. The van der Waals surface area contributed by atoms with Crippen molar-refractivity contribution in [3.63, 3.8) is 0 Å². The van der Waals surface area contributed by atoms with Crippen LogP contribution in [0.25, 0.3) is 0 Å². The highest BCUT2D eigenvalue weighted by atomic mass is 16.5. The number of furan rings is 1. The van der Waals surface area contributed by atoms with Crippen LogP contribution in [0, 0.1) is 12.3 Å². The van der Waals surface area contributed by atoms with Gasteiger partial charge in [-0.05, 0) is 45.1 Å². The number of amides is 2. The number of nitrogens with zero attached hydrogens (tertiary/aromatic N) is 2. The van der Waals surface area contributed by atoms with Gasteiger partial charge in [-0.1, -0.05) is 0 Å². The Bertz CT molecular complexity index is 664. The van der Waals surface area contributed by atoms with E-state index in [4.69, 9.17) is 9.15 Å². The van der Waals surface area contributed by atoms with Crippen molar-refractivity contribution in [3.8, 4) is 0 Å². The monoisotopic (exact) mass is 346 g/mol. The van der Waals surface area contributed by atoms with Crippen LogP contribution < -0.4 is 0 Å². The van der Waals surface area contributed by atoms with Gasteiger partial charge in [-0.2, -0.15) is 0 Å². The molecule has 1 unspecified atom stereocenters. The molecule has 4 heterocycles. The third-order valence-corrected chi connectivity index (χ3v) is 6.13. The van der Waals surface area contributed by atoms with Crippen LogP contribution >= 0.6 is 0 Å². The molecule has 3 aliphatic heterocycles. The van der Waals surface area contributed by atoms with Gasteiger partial charge >= 0.3 is 0 Å². The van der Waals surface area contributed by atoms with Crippen molar-refractivity contribution in [2.24, 2.45) is 5.41 Å². The van der Waals surface area contributed by atoms with Crippen LogP contribution in [0.15, 0.2) is 16.7 Å². The van der Waals surface area contributed by atoms with E-state index < -0.39 is 0 Å². The summed E-state index contributed by atoms with van der Waals surface area (Å²) in [4.78, 5) is 30.0. The Hall–Kier alpha value is -1.82. The lowest BCUT2D eigenvalue weighted by molar-refractivity contribution is -0.150. The summed E-state index contributed by atoms with van der Waals surface area (Å²) in [6.07, 6.45) is 6.09. The molecule has 1 spiro atoms. The summed E-state index contributed by atoms with van der Waals surface area (Å²) >= 11 is 0. The average Bonchev–Trinajstić information content (AvgIpc) is 3.25. The number of ether oxygens (including phenoxy) is 1. The highest BCUT2D eigenvalue weighted by molar-refractivity contribution is 5.96. The zero-order valence-electron chi connectivity index (χ0n) is 14.8. The Morgan fingerprint density at radius 1 is 1.24 bits per heavy atom. The molecule has 4 rings (SSSR count). The van der Waals surface area contributed by atoms with E-state index in [9.17, 15) is 9.59 Å². The summed E-state index contributed by atoms with van der Waals surface area (Å²) in [7, 11) is 0. The maximum absolute atomic E-state index is 13.3. The molecular formula is C19H26N2O4. The van der Waals surface area contributed by atoms with Gasteiger partial charge in [0.05, 0.1) is 17.2 Å². The second-order valence-electron chi connectivity index (χ2n) is 7.59. The molecular weight excluding hydrogens is 320 g/mol. The van der Waals surface area contributed by atoms with Crippen LogP contribution in [0.4, 0.5) is 0 Å². The lowest BCUT2D eigenvalue weighted by Gasteiger charge is -2.44. The molecule has 0 aromatic carbocycles. The fourth-order valence-electron chi connectivity index (χ4n) is 4.65. The predicted molar refractivity (Wildman–Crippen MR) is 91.2 cm³/mol. The lowest BCUT2D eigenvalue weighted by Crippen LogP contribution is -2.55. The van der Waals surface area contributed by atoms with E-state index in [-0.39, 0.29) is 17.2 Å². The Labute approximate surface area is 148 Å². The maximum Gasteiger partial charge on any atom is 0.257 e. The van der Waals surface area contributed by atoms with Crippen molar-refractivity contribution >= 4 is 11.8 Å². The largest absolute Gasteiger partial charge is 0.469 e. The quantitative estimate of drug-likeness (QED) is 0.824. The van der Waals surface area contributed by atoms with Gasteiger partial charge in [0.2, 0.25) is 5.91 Å². The molecule has 6 nitrogen and oxygen atoms in total. The van der Waals surface area contributed by atoms with E-state index in [1.165, 1.54) is 0 Å². The molecule has 25 heavy (non-hydrogen) atoms. The van der Waals surface area contributed by atoms with Crippen LogP contribution in [0.5, 0.6) is 0 Å². The zero-order chi connectivity index (χ0) is 17.4. The molecule has 0 N–H and O–H groups in total. The van der Waals surface area contributed by atoms with Gasteiger partial charge in [-0.15, -0.1) is 0 Å². The van der Waals surface area contributed by atoms with E-state index in [1.807, 2.05) is 4.90 Å². The Morgan fingerprint density at radius 3 is 2.76 bits per heavy atom. The van der Waals surface area contributed by atoms with E-state index in [0.717, 1.165) is 51.9 Å². The summed E-state index contributed by atoms with van der Waals surface area (Å²) in [5.41, 5.74) is 0.228. The number of hydrogen-bond acceptors (Lipinski definition) is 4. The Morgan fingerprint density at radius 2 is 2.04 bits per heavy atom. The number of rotatable bonds is 2. The topological polar surface area (TPSA) is 63.0 Å². The van der Waals surface area contributed by atoms with Crippen LogP contribution in [-0.4, -0.2) is 60.5 Å². The molecule has 1 aromatic heterocycles. The smallest absolute Gasteiger partial charge is 0.257 e. The number of carbonyl (C=O) groups excluding carboxylic acids is 2. The summed E-state index contributed by atoms with van der Waals surface area (Å²) in [6.45, 7) is 5.32. The lowest BCUT2D eigenvalue weighted by atomic mass is 9.77. The highest BCUT2D eigenvalue weighted by Gasteiger charge is 2.50. The zero-order valence-corrected chi connectivity index (χ0v) is 14.8. The number of piperidine rings is 1. The third-order valence-electron chi connectivity index (χ3n) is 6.13. The minimum atomic E-state index is -0.385. The molecule has 0 radical (unpaired) electrons. The first-order valence-electron chi connectivity index (χ1n) is 9.33. The molecule has 2 amide bonds. The number of carbonyl (C=O) groups is 2. The van der Waals surface area contributed by atoms with Crippen molar-refractivity contribution < 1.29 is 18.7 Å². The predicted octanol–water partition coefficient (Wildman–Crippen LogP) is 2.22. The fraction of sp³-hybridized carbons (Fsp3) is 0.684. The molecule has 3 fully saturated rings. The van der Waals surface area contributed by atoms with Crippen molar-refractivity contribution in [3.05, 3.63) is 23.7 Å². The minimum Gasteiger partial charge on any atom is -0.469 e. The second kappa shape index (κ2) is 6.48. The fourth-order valence-corrected chi connectivity index (χ4v) is 4.65. The minimum absolute atomic E-state index is 0.0147. The average molecular weight is 346 g/mol. The summed E-state index contributed by atoms with van der Waals surface area (Å²) in [5.74, 6) is 0.883. The Balaban J connectivity index is 1.49. The van der Waals surface area contributed by atoms with Crippen molar-refractivity contribution in [1.82, 2.24) is 9.80 Å². The first-order chi connectivity index (χ1) is 12.1. The van der Waals surface area contributed by atoms with Crippen molar-refractivity contribution in [2.75, 3.05) is 32.8 Å². The SMILES string of the molecule is Cc1occc1C(=O)N1CCC2(CCCN(C3CCOCC3)C2=O)C1. The maximum atomic E-state index is 13.3. The number of hydrogen-bond donors (Lipinski definition) is 0. The van der Waals surface area contributed by atoms with Gasteiger partial charge in [0.15, 0.2) is 0 Å². The third kappa shape index (κ3) is 2.86. The van der Waals surface area contributed by atoms with Gasteiger partial charge in [0.25, 0.3) is 5.91 Å². The first-order valence-corrected chi connectivity index (χ1v) is 9.33. The van der Waals surface area contributed by atoms with E-state index in [0.29, 0.717) is 30.5 Å². The molecule has 3 aliphatic rings. The van der Waals surface area contributed by atoms with Gasteiger partial charge in [-0.25, -0.2) is 0 Å².